The van der Waals surface area contributed by atoms with E-state index in [4.69, 9.17) is 5.84 Å². The quantitative estimate of drug-likeness (QED) is 0.650. The first-order valence-electron chi connectivity index (χ1n) is 6.02. The van der Waals surface area contributed by atoms with Crippen molar-refractivity contribution in [3.63, 3.8) is 0 Å². The number of aromatic nitrogens is 2. The van der Waals surface area contributed by atoms with Crippen LogP contribution in [0.25, 0.3) is 11.4 Å². The van der Waals surface area contributed by atoms with Crippen LogP contribution < -0.4 is 16.0 Å². The molecule has 0 fully saturated rings. The van der Waals surface area contributed by atoms with Crippen LogP contribution in [0.15, 0.2) is 30.3 Å². The summed E-state index contributed by atoms with van der Waals surface area (Å²) in [4.78, 5) is 8.59. The molecule has 5 nitrogen and oxygen atoms in total. The number of aryl methyl sites for hydroxylation is 1. The third-order valence-electron chi connectivity index (χ3n) is 2.63. The lowest BCUT2D eigenvalue weighted by molar-refractivity contribution is -0.0498. The summed E-state index contributed by atoms with van der Waals surface area (Å²) in [5, 5.41) is 0. The van der Waals surface area contributed by atoms with Gasteiger partial charge in [0.05, 0.1) is 0 Å². The molecule has 0 unspecified atom stereocenters. The number of rotatable bonds is 5. The van der Waals surface area contributed by atoms with Crippen LogP contribution in [-0.2, 0) is 6.42 Å². The van der Waals surface area contributed by atoms with E-state index in [0.29, 0.717) is 17.2 Å². The first kappa shape index (κ1) is 14.1. The number of anilines is 1. The van der Waals surface area contributed by atoms with Gasteiger partial charge in [-0.15, -0.1) is 0 Å². The van der Waals surface area contributed by atoms with E-state index in [-0.39, 0.29) is 5.75 Å². The first-order chi connectivity index (χ1) is 9.62. The smallest absolute Gasteiger partial charge is 0.387 e. The normalized spacial score (nSPS) is 10.7. The van der Waals surface area contributed by atoms with Gasteiger partial charge in [0.25, 0.3) is 0 Å². The van der Waals surface area contributed by atoms with Crippen LogP contribution in [-0.4, -0.2) is 16.6 Å². The van der Waals surface area contributed by atoms with E-state index in [1.54, 1.807) is 18.2 Å². The highest BCUT2D eigenvalue weighted by atomic mass is 19.3. The highest BCUT2D eigenvalue weighted by Gasteiger charge is 2.08. The molecule has 0 aliphatic rings. The molecule has 0 radical (unpaired) electrons. The standard InChI is InChI=1S/C13H14F2N4O/c1-2-9-7-11(19-16)18-12(17-9)8-3-5-10(6-4-8)20-13(14)15/h3-7,13H,2,16H2,1H3,(H,17,18,19). The molecule has 0 saturated heterocycles. The van der Waals surface area contributed by atoms with Crippen molar-refractivity contribution in [2.45, 2.75) is 20.0 Å². The monoisotopic (exact) mass is 280 g/mol. The second kappa shape index (κ2) is 6.25. The van der Waals surface area contributed by atoms with E-state index in [0.717, 1.165) is 12.1 Å². The average molecular weight is 280 g/mol. The Kier molecular flexibility index (Phi) is 4.41. The molecule has 1 heterocycles. The fourth-order valence-corrected chi connectivity index (χ4v) is 1.67. The highest BCUT2D eigenvalue weighted by molar-refractivity contribution is 5.58. The van der Waals surface area contributed by atoms with Gasteiger partial charge in [-0.3, -0.25) is 0 Å². The molecular weight excluding hydrogens is 266 g/mol. The molecule has 0 spiro atoms. The zero-order valence-electron chi connectivity index (χ0n) is 10.8. The predicted molar refractivity (Wildman–Crippen MR) is 71.3 cm³/mol. The van der Waals surface area contributed by atoms with Crippen molar-refractivity contribution >= 4 is 5.82 Å². The molecule has 0 aliphatic heterocycles. The first-order valence-corrected chi connectivity index (χ1v) is 6.02. The van der Waals surface area contributed by atoms with Crippen LogP contribution >= 0.6 is 0 Å². The van der Waals surface area contributed by atoms with Crippen molar-refractivity contribution in [2.75, 3.05) is 5.43 Å². The number of nitrogens with one attached hydrogen (secondary N) is 1. The second-order valence-electron chi connectivity index (χ2n) is 3.97. The van der Waals surface area contributed by atoms with Gasteiger partial charge < -0.3 is 10.2 Å². The summed E-state index contributed by atoms with van der Waals surface area (Å²) in [6.07, 6.45) is 0.733. The maximum atomic E-state index is 12.1. The van der Waals surface area contributed by atoms with Gasteiger partial charge in [-0.1, -0.05) is 6.92 Å². The third-order valence-corrected chi connectivity index (χ3v) is 2.63. The van der Waals surface area contributed by atoms with Gasteiger partial charge in [-0.25, -0.2) is 15.8 Å². The van der Waals surface area contributed by atoms with Gasteiger partial charge in [0.15, 0.2) is 5.82 Å². The molecule has 0 bridgehead atoms. The minimum absolute atomic E-state index is 0.0903. The molecule has 0 atom stereocenters. The van der Waals surface area contributed by atoms with Crippen molar-refractivity contribution in [3.05, 3.63) is 36.0 Å². The Balaban J connectivity index is 2.31. The minimum atomic E-state index is -2.84. The van der Waals surface area contributed by atoms with E-state index >= 15 is 0 Å². The number of benzene rings is 1. The van der Waals surface area contributed by atoms with Crippen molar-refractivity contribution in [1.29, 1.82) is 0 Å². The number of nitrogen functional groups attached to an aromatic ring is 1. The zero-order chi connectivity index (χ0) is 14.5. The molecule has 0 amide bonds. The lowest BCUT2D eigenvalue weighted by Gasteiger charge is -2.08. The van der Waals surface area contributed by atoms with Gasteiger partial charge >= 0.3 is 6.61 Å². The summed E-state index contributed by atoms with van der Waals surface area (Å²) in [5.41, 5.74) is 4.00. The molecule has 20 heavy (non-hydrogen) atoms. The van der Waals surface area contributed by atoms with Gasteiger partial charge in [0, 0.05) is 17.3 Å². The molecular formula is C13H14F2N4O. The fourth-order valence-electron chi connectivity index (χ4n) is 1.67. The fraction of sp³-hybridized carbons (Fsp3) is 0.231. The maximum Gasteiger partial charge on any atom is 0.387 e. The van der Waals surface area contributed by atoms with Crippen LogP contribution in [0, 0.1) is 0 Å². The summed E-state index contributed by atoms with van der Waals surface area (Å²) >= 11 is 0. The Labute approximate surface area is 114 Å². The summed E-state index contributed by atoms with van der Waals surface area (Å²) in [5.74, 6) is 6.42. The largest absolute Gasteiger partial charge is 0.435 e. The van der Waals surface area contributed by atoms with Crippen LogP contribution in [0.4, 0.5) is 14.6 Å². The van der Waals surface area contributed by atoms with E-state index in [1.807, 2.05) is 6.92 Å². The summed E-state index contributed by atoms with van der Waals surface area (Å²) in [6, 6.07) is 7.87. The molecule has 106 valence electrons. The Bertz CT molecular complexity index is 553. The molecule has 2 aromatic rings. The number of hydrogen-bond acceptors (Lipinski definition) is 5. The van der Waals surface area contributed by atoms with Crippen molar-refractivity contribution in [3.8, 4) is 17.1 Å². The zero-order valence-corrected chi connectivity index (χ0v) is 10.8. The third kappa shape index (κ3) is 3.39. The van der Waals surface area contributed by atoms with Crippen LogP contribution in [0.5, 0.6) is 5.75 Å². The van der Waals surface area contributed by atoms with Crippen LogP contribution in [0.3, 0.4) is 0 Å². The van der Waals surface area contributed by atoms with Gasteiger partial charge in [0.2, 0.25) is 0 Å². The molecule has 0 saturated carbocycles. The summed E-state index contributed by atoms with van der Waals surface area (Å²) in [6.45, 7) is -0.875. The summed E-state index contributed by atoms with van der Waals surface area (Å²) in [7, 11) is 0. The average Bonchev–Trinajstić information content (AvgIpc) is 2.46. The predicted octanol–water partition coefficient (Wildman–Crippen LogP) is 2.59. The molecule has 3 N–H and O–H groups in total. The number of hydrazine groups is 1. The van der Waals surface area contributed by atoms with Crippen molar-refractivity contribution in [1.82, 2.24) is 9.97 Å². The van der Waals surface area contributed by atoms with E-state index in [1.165, 1.54) is 12.1 Å². The lowest BCUT2D eigenvalue weighted by Crippen LogP contribution is -2.10. The number of nitrogens with zero attached hydrogens (tertiary/aromatic N) is 2. The van der Waals surface area contributed by atoms with Crippen molar-refractivity contribution < 1.29 is 13.5 Å². The summed E-state index contributed by atoms with van der Waals surface area (Å²) < 4.78 is 28.4. The van der Waals surface area contributed by atoms with Gasteiger partial charge in [-0.05, 0) is 30.7 Å². The van der Waals surface area contributed by atoms with Gasteiger partial charge in [0.1, 0.15) is 11.6 Å². The van der Waals surface area contributed by atoms with Crippen LogP contribution in [0.2, 0.25) is 0 Å². The Morgan fingerprint density at radius 1 is 1.25 bits per heavy atom. The van der Waals surface area contributed by atoms with Gasteiger partial charge in [-0.2, -0.15) is 8.78 Å². The molecule has 7 heteroatoms. The highest BCUT2D eigenvalue weighted by Crippen LogP contribution is 2.22. The molecule has 1 aromatic heterocycles. The number of alkyl halides is 2. The van der Waals surface area contributed by atoms with E-state index in [2.05, 4.69) is 20.1 Å². The topological polar surface area (TPSA) is 73.1 Å². The number of hydrogen-bond donors (Lipinski definition) is 2. The van der Waals surface area contributed by atoms with Crippen molar-refractivity contribution in [2.24, 2.45) is 5.84 Å². The molecule has 2 rings (SSSR count). The SMILES string of the molecule is CCc1cc(NN)nc(-c2ccc(OC(F)F)cc2)n1. The number of halogens is 2. The maximum absolute atomic E-state index is 12.1. The number of ether oxygens (including phenoxy) is 1. The molecule has 0 aliphatic carbocycles. The Hall–Kier alpha value is -2.28. The number of nitrogens with two attached hydrogens (primary N) is 1. The molecule has 1 aromatic carbocycles. The van der Waals surface area contributed by atoms with E-state index in [9.17, 15) is 8.78 Å². The minimum Gasteiger partial charge on any atom is -0.435 e. The van der Waals surface area contributed by atoms with Crippen LogP contribution in [0.1, 0.15) is 12.6 Å². The second-order valence-corrected chi connectivity index (χ2v) is 3.97. The lowest BCUT2D eigenvalue weighted by atomic mass is 10.2. The van der Waals surface area contributed by atoms with E-state index < -0.39 is 6.61 Å². The Morgan fingerprint density at radius 3 is 2.50 bits per heavy atom. The Morgan fingerprint density at radius 2 is 1.95 bits per heavy atom.